The van der Waals surface area contributed by atoms with E-state index < -0.39 is 9.84 Å². The van der Waals surface area contributed by atoms with Crippen LogP contribution in [0.3, 0.4) is 0 Å². The molecule has 40 heavy (non-hydrogen) atoms. The Bertz CT molecular complexity index is 1600. The molecule has 0 aliphatic carbocycles. The highest BCUT2D eigenvalue weighted by Crippen LogP contribution is 2.26. The lowest BCUT2D eigenvalue weighted by Gasteiger charge is -2.33. The molecule has 5 rings (SSSR count). The zero-order valence-electron chi connectivity index (χ0n) is 22.5. The maximum absolute atomic E-state index is 13.1. The van der Waals surface area contributed by atoms with E-state index in [2.05, 4.69) is 4.90 Å². The standard InChI is InChI=1S/C30H31ClN4O4S/c1-22-16-29(34-15-14-33(20-30(34)36)18-23-8-11-27(12-9-23)40(2,37)38)32-35(22)19-25-17-26(31)10-13-28(25)39-21-24-6-4-3-5-7-24/h3-13,16-17H,14-15,18-21H2,1-2H3. The molecule has 1 saturated heterocycles. The molecular formula is C30H31ClN4O4S. The van der Waals surface area contributed by atoms with Crippen molar-refractivity contribution in [2.45, 2.75) is 31.5 Å². The minimum atomic E-state index is -3.24. The van der Waals surface area contributed by atoms with Crippen molar-refractivity contribution in [2.75, 3.05) is 30.8 Å². The molecule has 1 aliphatic heterocycles. The molecule has 1 aliphatic rings. The average Bonchev–Trinajstić information content (AvgIpc) is 3.28. The summed E-state index contributed by atoms with van der Waals surface area (Å²) in [4.78, 5) is 17.2. The van der Waals surface area contributed by atoms with Gasteiger partial charge in [0.2, 0.25) is 5.91 Å². The Morgan fingerprint density at radius 1 is 0.925 bits per heavy atom. The van der Waals surface area contributed by atoms with Crippen LogP contribution in [-0.4, -0.2) is 54.9 Å². The average molecular weight is 579 g/mol. The number of amides is 1. The number of rotatable bonds is 9. The molecule has 0 unspecified atom stereocenters. The van der Waals surface area contributed by atoms with E-state index in [0.717, 1.165) is 28.1 Å². The molecule has 1 fully saturated rings. The number of hydrogen-bond acceptors (Lipinski definition) is 6. The first-order valence-corrected chi connectivity index (χ1v) is 15.2. The van der Waals surface area contributed by atoms with Gasteiger partial charge in [-0.05, 0) is 48.4 Å². The summed E-state index contributed by atoms with van der Waals surface area (Å²) in [5.41, 5.74) is 3.86. The Balaban J connectivity index is 1.24. The Morgan fingerprint density at radius 3 is 2.38 bits per heavy atom. The van der Waals surface area contributed by atoms with Crippen LogP contribution in [0.15, 0.2) is 83.8 Å². The first-order chi connectivity index (χ1) is 19.2. The van der Waals surface area contributed by atoms with Crippen molar-refractivity contribution < 1.29 is 17.9 Å². The fourth-order valence-corrected chi connectivity index (χ4v) is 5.52. The molecule has 0 saturated carbocycles. The van der Waals surface area contributed by atoms with Gasteiger partial charge in [0.15, 0.2) is 15.7 Å². The zero-order chi connectivity index (χ0) is 28.3. The van der Waals surface area contributed by atoms with Crippen LogP contribution in [-0.2, 0) is 34.3 Å². The van der Waals surface area contributed by atoms with Crippen molar-refractivity contribution in [3.63, 3.8) is 0 Å². The zero-order valence-corrected chi connectivity index (χ0v) is 24.0. The summed E-state index contributed by atoms with van der Waals surface area (Å²) >= 11 is 6.32. The predicted molar refractivity (Wildman–Crippen MR) is 155 cm³/mol. The molecule has 0 N–H and O–H groups in total. The minimum Gasteiger partial charge on any atom is -0.489 e. The number of ether oxygens (including phenoxy) is 1. The topological polar surface area (TPSA) is 84.7 Å². The summed E-state index contributed by atoms with van der Waals surface area (Å²) in [6, 6.07) is 24.3. The molecule has 3 aromatic carbocycles. The number of sulfone groups is 1. The summed E-state index contributed by atoms with van der Waals surface area (Å²) in [5, 5.41) is 5.37. The fraction of sp³-hybridized carbons (Fsp3) is 0.267. The summed E-state index contributed by atoms with van der Waals surface area (Å²) in [6.45, 7) is 4.87. The van der Waals surface area contributed by atoms with Crippen molar-refractivity contribution in [1.82, 2.24) is 14.7 Å². The van der Waals surface area contributed by atoms with Crippen LogP contribution in [0.1, 0.15) is 22.4 Å². The summed E-state index contributed by atoms with van der Waals surface area (Å²) in [7, 11) is -3.24. The van der Waals surface area contributed by atoms with E-state index in [0.29, 0.717) is 43.6 Å². The Kier molecular flexibility index (Phi) is 8.25. The quantitative estimate of drug-likeness (QED) is 0.286. The molecule has 10 heteroatoms. The normalized spacial score (nSPS) is 14.5. The molecular weight excluding hydrogens is 548 g/mol. The number of carbonyl (C=O) groups excluding carboxylic acids is 1. The summed E-state index contributed by atoms with van der Waals surface area (Å²) in [5.74, 6) is 1.32. The van der Waals surface area contributed by atoms with Gasteiger partial charge in [-0.15, -0.1) is 0 Å². The number of nitrogens with zero attached hydrogens (tertiary/aromatic N) is 4. The summed E-state index contributed by atoms with van der Waals surface area (Å²) < 4.78 is 31.4. The van der Waals surface area contributed by atoms with Crippen LogP contribution in [0, 0.1) is 6.92 Å². The monoisotopic (exact) mass is 578 g/mol. The number of piperazine rings is 1. The van der Waals surface area contributed by atoms with E-state index in [4.69, 9.17) is 21.4 Å². The van der Waals surface area contributed by atoms with Gasteiger partial charge >= 0.3 is 0 Å². The van der Waals surface area contributed by atoms with Crippen LogP contribution in [0.5, 0.6) is 5.75 Å². The summed E-state index contributed by atoms with van der Waals surface area (Å²) in [6.07, 6.45) is 1.19. The number of halogens is 1. The SMILES string of the molecule is Cc1cc(N2CCN(Cc3ccc(S(C)(=O)=O)cc3)CC2=O)nn1Cc1cc(Cl)ccc1OCc1ccccc1. The molecule has 4 aromatic rings. The highest BCUT2D eigenvalue weighted by Gasteiger charge is 2.27. The molecule has 0 radical (unpaired) electrons. The fourth-order valence-electron chi connectivity index (χ4n) is 4.69. The number of benzene rings is 3. The highest BCUT2D eigenvalue weighted by atomic mass is 35.5. The Labute approximate surface area is 239 Å². The first kappa shape index (κ1) is 27.9. The van der Waals surface area contributed by atoms with Gasteiger partial charge in [-0.2, -0.15) is 5.10 Å². The van der Waals surface area contributed by atoms with E-state index in [1.807, 2.05) is 66.2 Å². The molecule has 0 spiro atoms. The third-order valence-electron chi connectivity index (χ3n) is 6.88. The van der Waals surface area contributed by atoms with Gasteiger partial charge in [-0.3, -0.25) is 19.3 Å². The highest BCUT2D eigenvalue weighted by molar-refractivity contribution is 7.90. The molecule has 1 amide bonds. The first-order valence-electron chi connectivity index (χ1n) is 13.0. The van der Waals surface area contributed by atoms with Gasteiger partial charge in [0.1, 0.15) is 12.4 Å². The van der Waals surface area contributed by atoms with Crippen molar-refractivity contribution in [3.8, 4) is 5.75 Å². The third kappa shape index (κ3) is 6.72. The van der Waals surface area contributed by atoms with E-state index >= 15 is 0 Å². The third-order valence-corrected chi connectivity index (χ3v) is 8.25. The second kappa shape index (κ2) is 11.8. The second-order valence-electron chi connectivity index (χ2n) is 10.0. The van der Waals surface area contributed by atoms with Gasteiger partial charge in [0.25, 0.3) is 0 Å². The molecule has 8 nitrogen and oxygen atoms in total. The minimum absolute atomic E-state index is 0.0294. The number of hydrogen-bond donors (Lipinski definition) is 0. The number of aryl methyl sites for hydroxylation is 1. The lowest BCUT2D eigenvalue weighted by Crippen LogP contribution is -2.50. The van der Waals surface area contributed by atoms with Gasteiger partial charge in [0, 0.05) is 48.2 Å². The van der Waals surface area contributed by atoms with Crippen molar-refractivity contribution in [1.29, 1.82) is 0 Å². The number of aromatic nitrogens is 2. The smallest absolute Gasteiger partial charge is 0.242 e. The van der Waals surface area contributed by atoms with E-state index in [1.54, 1.807) is 29.2 Å². The molecule has 208 valence electrons. The van der Waals surface area contributed by atoms with Crippen LogP contribution in [0.25, 0.3) is 0 Å². The number of anilines is 1. The van der Waals surface area contributed by atoms with Crippen LogP contribution in [0.4, 0.5) is 5.82 Å². The van der Waals surface area contributed by atoms with E-state index in [-0.39, 0.29) is 17.3 Å². The number of carbonyl (C=O) groups is 1. The van der Waals surface area contributed by atoms with Gasteiger partial charge in [-0.25, -0.2) is 8.42 Å². The van der Waals surface area contributed by atoms with Crippen molar-refractivity contribution in [3.05, 3.63) is 106 Å². The van der Waals surface area contributed by atoms with Gasteiger partial charge in [0.05, 0.1) is 18.0 Å². The van der Waals surface area contributed by atoms with Gasteiger partial charge in [-0.1, -0.05) is 54.1 Å². The van der Waals surface area contributed by atoms with Crippen molar-refractivity contribution >= 4 is 33.2 Å². The van der Waals surface area contributed by atoms with Crippen LogP contribution < -0.4 is 9.64 Å². The largest absolute Gasteiger partial charge is 0.489 e. The second-order valence-corrected chi connectivity index (χ2v) is 12.5. The lowest BCUT2D eigenvalue weighted by atomic mass is 10.2. The Morgan fingerprint density at radius 2 is 1.68 bits per heavy atom. The maximum Gasteiger partial charge on any atom is 0.242 e. The van der Waals surface area contributed by atoms with E-state index in [1.165, 1.54) is 6.26 Å². The maximum atomic E-state index is 13.1. The van der Waals surface area contributed by atoms with Crippen LogP contribution >= 0.6 is 11.6 Å². The molecule has 2 heterocycles. The van der Waals surface area contributed by atoms with Crippen molar-refractivity contribution in [2.24, 2.45) is 0 Å². The molecule has 0 bridgehead atoms. The Hall–Kier alpha value is -3.66. The lowest BCUT2D eigenvalue weighted by molar-refractivity contribution is -0.121. The van der Waals surface area contributed by atoms with E-state index in [9.17, 15) is 13.2 Å². The predicted octanol–water partition coefficient (Wildman–Crippen LogP) is 4.72. The molecule has 0 atom stereocenters. The van der Waals surface area contributed by atoms with Crippen LogP contribution in [0.2, 0.25) is 5.02 Å². The van der Waals surface area contributed by atoms with Gasteiger partial charge < -0.3 is 4.74 Å². The molecule has 1 aromatic heterocycles.